The Labute approximate surface area is 182 Å². The van der Waals surface area contributed by atoms with E-state index in [1.807, 2.05) is 0 Å². The third kappa shape index (κ3) is 9.92. The summed E-state index contributed by atoms with van der Waals surface area (Å²) in [7, 11) is 1.32. The molecule has 4 N–H and O–H groups in total. The number of aliphatic carboxylic acids is 1. The summed E-state index contributed by atoms with van der Waals surface area (Å²) in [5.74, 6) is -2.29. The first kappa shape index (κ1) is 26.6. The number of carbonyl (C=O) groups excluding carboxylic acids is 2. The van der Waals surface area contributed by atoms with Crippen LogP contribution in [0.4, 0.5) is 5.69 Å². The van der Waals surface area contributed by atoms with Gasteiger partial charge in [0.25, 0.3) is 5.69 Å². The smallest absolute Gasteiger partial charge is 0.387 e. The van der Waals surface area contributed by atoms with Crippen LogP contribution in [0, 0.1) is 10.1 Å². The molecule has 0 aliphatic heterocycles. The average molecular weight is 477 g/mol. The van der Waals surface area contributed by atoms with Crippen LogP contribution in [-0.4, -0.2) is 51.9 Å². The van der Waals surface area contributed by atoms with Crippen LogP contribution in [0.15, 0.2) is 24.3 Å². The Morgan fingerprint density at radius 3 is 2.39 bits per heavy atom. The molecule has 3 atom stereocenters. The first-order valence-corrected chi connectivity index (χ1v) is 12.2. The lowest BCUT2D eigenvalue weighted by Gasteiger charge is -2.25. The fourth-order valence-corrected chi connectivity index (χ4v) is 5.00. The van der Waals surface area contributed by atoms with Gasteiger partial charge in [-0.1, -0.05) is 12.1 Å². The third-order valence-electron chi connectivity index (χ3n) is 3.95. The highest BCUT2D eigenvalue weighted by Crippen LogP contribution is 2.58. The zero-order valence-corrected chi connectivity index (χ0v) is 18.6. The summed E-state index contributed by atoms with van der Waals surface area (Å²) in [5.41, 5.74) is 0.439. The first-order valence-electron chi connectivity index (χ1n) is 9.07. The summed E-state index contributed by atoms with van der Waals surface area (Å²) in [6.45, 7) is -2.91. The third-order valence-corrected chi connectivity index (χ3v) is 6.96. The van der Waals surface area contributed by atoms with Crippen LogP contribution in [-0.2, 0) is 29.2 Å². The second-order valence-electron chi connectivity index (χ2n) is 6.38. The standard InChI is InChI=1S/C17H24N3O9PS/c1-11(16(17(24)18-2)19-14(21)4-3-5-15(22)23)29-30(27,28)31-10-12-6-8-13(9-7-12)20(25)26/h6-9,11,16H,3-5,10H2,1-2H3,(H,18,24)(H,19,21)(H,22,23)(H,27,28)/t11-,16+/m1/s1. The molecule has 0 saturated heterocycles. The molecule has 172 valence electrons. The lowest BCUT2D eigenvalue weighted by atomic mass is 10.1. The van der Waals surface area contributed by atoms with Crippen molar-refractivity contribution in [2.45, 2.75) is 44.1 Å². The van der Waals surface area contributed by atoms with Crippen molar-refractivity contribution in [2.24, 2.45) is 0 Å². The fraction of sp³-hybridized carbons (Fsp3) is 0.471. The van der Waals surface area contributed by atoms with E-state index in [0.29, 0.717) is 16.9 Å². The highest BCUT2D eigenvalue weighted by molar-refractivity contribution is 8.54. The van der Waals surface area contributed by atoms with Gasteiger partial charge in [-0.3, -0.25) is 29.0 Å². The van der Waals surface area contributed by atoms with Crippen LogP contribution >= 0.6 is 18.2 Å². The monoisotopic (exact) mass is 477 g/mol. The molecule has 0 bridgehead atoms. The lowest BCUT2D eigenvalue weighted by molar-refractivity contribution is -0.384. The van der Waals surface area contributed by atoms with Crippen LogP contribution in [0.25, 0.3) is 0 Å². The molecule has 0 fully saturated rings. The number of amides is 2. The Morgan fingerprint density at radius 2 is 1.87 bits per heavy atom. The molecule has 1 aromatic carbocycles. The number of rotatable bonds is 13. The topological polar surface area (TPSA) is 185 Å². The molecule has 1 rings (SSSR count). The number of nitrogens with zero attached hydrogens (tertiary/aromatic N) is 1. The van der Waals surface area contributed by atoms with Crippen LogP contribution in [0.5, 0.6) is 0 Å². The SMILES string of the molecule is CNC(=O)[C@@H](NC(=O)CCCC(=O)O)[C@@H](C)OP(=O)(O)SCc1ccc([N+](=O)[O-])cc1. The van der Waals surface area contributed by atoms with Gasteiger partial charge in [-0.15, -0.1) is 0 Å². The van der Waals surface area contributed by atoms with Gasteiger partial charge in [-0.2, -0.15) is 0 Å². The largest absolute Gasteiger partial charge is 0.481 e. The molecule has 0 aliphatic rings. The molecule has 0 spiro atoms. The molecule has 0 heterocycles. The number of carbonyl (C=O) groups is 3. The van der Waals surface area contributed by atoms with Crippen molar-refractivity contribution in [1.82, 2.24) is 10.6 Å². The van der Waals surface area contributed by atoms with Gasteiger partial charge in [-0.05, 0) is 30.3 Å². The van der Waals surface area contributed by atoms with Gasteiger partial charge in [0.1, 0.15) is 6.04 Å². The fourth-order valence-electron chi connectivity index (χ4n) is 2.37. The number of carboxylic acids is 1. The quantitative estimate of drug-likeness (QED) is 0.185. The highest BCUT2D eigenvalue weighted by Gasteiger charge is 2.33. The predicted octanol–water partition coefficient (Wildman–Crippen LogP) is 1.82. The van der Waals surface area contributed by atoms with Gasteiger partial charge >= 0.3 is 12.8 Å². The van der Waals surface area contributed by atoms with Gasteiger partial charge in [-0.25, -0.2) is 4.57 Å². The van der Waals surface area contributed by atoms with Crippen molar-refractivity contribution in [3.8, 4) is 0 Å². The molecule has 31 heavy (non-hydrogen) atoms. The summed E-state index contributed by atoms with van der Waals surface area (Å²) in [6, 6.07) is 4.15. The number of likely N-dealkylation sites (N-methyl/N-ethyl adjacent to an activating group) is 1. The maximum Gasteiger partial charge on any atom is 0.387 e. The number of hydrogen-bond donors (Lipinski definition) is 4. The molecule has 12 nitrogen and oxygen atoms in total. The molecule has 1 unspecified atom stereocenters. The molecular formula is C17H24N3O9PS. The van der Waals surface area contributed by atoms with E-state index in [1.54, 1.807) is 0 Å². The minimum Gasteiger partial charge on any atom is -0.481 e. The molecule has 0 aromatic heterocycles. The summed E-state index contributed by atoms with van der Waals surface area (Å²) < 4.78 is 17.5. The molecule has 0 saturated carbocycles. The molecule has 0 aliphatic carbocycles. The Bertz CT molecular complexity index is 850. The lowest BCUT2D eigenvalue weighted by Crippen LogP contribution is -2.52. The number of nitrogens with one attached hydrogen (secondary N) is 2. The van der Waals surface area contributed by atoms with E-state index in [1.165, 1.54) is 38.2 Å². The predicted molar refractivity (Wildman–Crippen MR) is 112 cm³/mol. The van der Waals surface area contributed by atoms with Crippen molar-refractivity contribution in [3.05, 3.63) is 39.9 Å². The zero-order valence-electron chi connectivity index (χ0n) is 16.8. The summed E-state index contributed by atoms with van der Waals surface area (Å²) in [5, 5.41) is 24.0. The van der Waals surface area contributed by atoms with Gasteiger partial charge in [0.05, 0.1) is 11.0 Å². The first-order chi connectivity index (χ1) is 14.4. The van der Waals surface area contributed by atoms with Gasteiger partial charge < -0.3 is 20.6 Å². The number of nitro groups is 1. The van der Waals surface area contributed by atoms with E-state index in [-0.39, 0.29) is 30.7 Å². The van der Waals surface area contributed by atoms with Gasteiger partial charge in [0, 0.05) is 37.8 Å². The van der Waals surface area contributed by atoms with Gasteiger partial charge in [0.15, 0.2) is 0 Å². The van der Waals surface area contributed by atoms with Crippen molar-refractivity contribution in [2.75, 3.05) is 7.05 Å². The van der Waals surface area contributed by atoms with Crippen molar-refractivity contribution >= 4 is 41.7 Å². The Morgan fingerprint density at radius 1 is 1.26 bits per heavy atom. The van der Waals surface area contributed by atoms with Crippen molar-refractivity contribution in [1.29, 1.82) is 0 Å². The normalized spacial score (nSPS) is 14.7. The zero-order chi connectivity index (χ0) is 23.6. The maximum atomic E-state index is 12.4. The van der Waals surface area contributed by atoms with Crippen LogP contribution in [0.1, 0.15) is 31.7 Å². The van der Waals surface area contributed by atoms with Gasteiger partial charge in [0.2, 0.25) is 11.8 Å². The van der Waals surface area contributed by atoms with E-state index in [0.717, 1.165) is 0 Å². The number of hydrogen-bond acceptors (Lipinski definition) is 8. The minimum atomic E-state index is -4.25. The van der Waals surface area contributed by atoms with E-state index in [4.69, 9.17) is 9.63 Å². The molecule has 0 radical (unpaired) electrons. The summed E-state index contributed by atoms with van der Waals surface area (Å²) >= 11 is 0.556. The number of carboxylic acid groups (broad SMARTS) is 1. The average Bonchev–Trinajstić information content (AvgIpc) is 2.69. The maximum absolute atomic E-state index is 12.4. The van der Waals surface area contributed by atoms with E-state index in [9.17, 15) is 34.0 Å². The van der Waals surface area contributed by atoms with Crippen LogP contribution < -0.4 is 10.6 Å². The van der Waals surface area contributed by atoms with Crippen molar-refractivity contribution in [3.63, 3.8) is 0 Å². The number of benzene rings is 1. The molecule has 1 aromatic rings. The Hall–Kier alpha value is -2.47. The summed E-state index contributed by atoms with van der Waals surface area (Å²) in [4.78, 5) is 54.8. The minimum absolute atomic E-state index is 0.0185. The highest BCUT2D eigenvalue weighted by atomic mass is 32.7. The van der Waals surface area contributed by atoms with Crippen molar-refractivity contribution < 1.29 is 38.4 Å². The number of non-ortho nitro benzene ring substituents is 1. The molecular weight excluding hydrogens is 453 g/mol. The molecule has 2 amide bonds. The van der Waals surface area contributed by atoms with E-state index < -0.39 is 41.7 Å². The molecule has 14 heteroatoms. The Kier molecular flexibility index (Phi) is 10.6. The van der Waals surface area contributed by atoms with E-state index >= 15 is 0 Å². The summed E-state index contributed by atoms with van der Waals surface area (Å²) in [6.07, 6.45) is -1.46. The van der Waals surface area contributed by atoms with Crippen LogP contribution in [0.2, 0.25) is 0 Å². The van der Waals surface area contributed by atoms with E-state index in [2.05, 4.69) is 10.6 Å². The Balaban J connectivity index is 2.69. The van der Waals surface area contributed by atoms with Crippen LogP contribution in [0.3, 0.4) is 0 Å². The second-order valence-corrected chi connectivity index (χ2v) is 10.2. The second kappa shape index (κ2) is 12.4. The number of nitro benzene ring substituents is 1.